The molecule has 1 aromatic heterocycles. The zero-order chi connectivity index (χ0) is 15.2. The maximum Gasteiger partial charge on any atom is 0.324 e. The molecule has 2 aromatic rings. The Hall–Kier alpha value is -2.57. The van der Waals surface area contributed by atoms with Gasteiger partial charge in [-0.3, -0.25) is 5.32 Å². The molecule has 1 aromatic carbocycles. The zero-order valence-corrected chi connectivity index (χ0v) is 12.3. The lowest BCUT2D eigenvalue weighted by Gasteiger charge is -2.16. The van der Waals surface area contributed by atoms with E-state index in [0.29, 0.717) is 11.7 Å². The topological polar surface area (TPSA) is 91.9 Å². The number of urea groups is 1. The molecular weight excluding hydrogens is 270 g/mol. The van der Waals surface area contributed by atoms with Crippen molar-refractivity contribution in [2.24, 2.45) is 0 Å². The Bertz CT molecular complexity index is 566. The normalized spacial score (nSPS) is 12.0. The van der Waals surface area contributed by atoms with Crippen molar-refractivity contribution in [3.8, 4) is 5.75 Å². The summed E-state index contributed by atoms with van der Waals surface area (Å²) in [6.07, 6.45) is 0.837. The molecule has 1 heterocycles. The molecule has 112 valence electrons. The number of rotatable bonds is 5. The SMILES string of the molecule is CC(NC(=O)Nc1ncn[nH]1)Oc1ccc(C(C)C)cc1. The van der Waals surface area contributed by atoms with Crippen molar-refractivity contribution in [1.82, 2.24) is 20.5 Å². The van der Waals surface area contributed by atoms with Gasteiger partial charge in [0.25, 0.3) is 0 Å². The third kappa shape index (κ3) is 4.48. The number of amides is 2. The average Bonchev–Trinajstić information content (AvgIpc) is 2.91. The van der Waals surface area contributed by atoms with E-state index in [1.807, 2.05) is 24.3 Å². The summed E-state index contributed by atoms with van der Waals surface area (Å²) in [5.74, 6) is 1.45. The number of hydrogen-bond donors (Lipinski definition) is 3. The molecule has 0 aliphatic heterocycles. The van der Waals surface area contributed by atoms with Crippen LogP contribution >= 0.6 is 0 Å². The van der Waals surface area contributed by atoms with E-state index in [9.17, 15) is 4.79 Å². The van der Waals surface area contributed by atoms with Crippen LogP contribution < -0.4 is 15.4 Å². The second-order valence-electron chi connectivity index (χ2n) is 4.92. The number of ether oxygens (including phenoxy) is 1. The van der Waals surface area contributed by atoms with E-state index in [0.717, 1.165) is 0 Å². The summed E-state index contributed by atoms with van der Waals surface area (Å²) >= 11 is 0. The van der Waals surface area contributed by atoms with Gasteiger partial charge in [0.2, 0.25) is 5.95 Å². The van der Waals surface area contributed by atoms with Crippen molar-refractivity contribution in [3.05, 3.63) is 36.2 Å². The van der Waals surface area contributed by atoms with Gasteiger partial charge in [-0.1, -0.05) is 26.0 Å². The van der Waals surface area contributed by atoms with E-state index in [2.05, 4.69) is 39.7 Å². The molecule has 2 rings (SSSR count). The number of carbonyl (C=O) groups excluding carboxylic acids is 1. The highest BCUT2D eigenvalue weighted by Crippen LogP contribution is 2.19. The Balaban J connectivity index is 1.83. The van der Waals surface area contributed by atoms with Crippen molar-refractivity contribution < 1.29 is 9.53 Å². The number of aromatic nitrogens is 3. The first-order valence-electron chi connectivity index (χ1n) is 6.74. The molecule has 0 saturated carbocycles. The maximum atomic E-state index is 11.7. The van der Waals surface area contributed by atoms with Crippen LogP contribution in [0.1, 0.15) is 32.3 Å². The zero-order valence-electron chi connectivity index (χ0n) is 12.3. The Morgan fingerprint density at radius 2 is 1.95 bits per heavy atom. The third-order valence-electron chi connectivity index (χ3n) is 2.84. The minimum Gasteiger partial charge on any atom is -0.471 e. The Morgan fingerprint density at radius 1 is 1.24 bits per heavy atom. The van der Waals surface area contributed by atoms with Gasteiger partial charge >= 0.3 is 6.03 Å². The maximum absolute atomic E-state index is 11.7. The highest BCUT2D eigenvalue weighted by atomic mass is 16.5. The summed E-state index contributed by atoms with van der Waals surface area (Å²) in [5.41, 5.74) is 1.24. The lowest BCUT2D eigenvalue weighted by Crippen LogP contribution is -2.39. The molecule has 1 atom stereocenters. The number of H-pyrrole nitrogens is 1. The van der Waals surface area contributed by atoms with E-state index in [4.69, 9.17) is 4.74 Å². The largest absolute Gasteiger partial charge is 0.471 e. The molecule has 3 N–H and O–H groups in total. The van der Waals surface area contributed by atoms with Crippen LogP contribution in [0, 0.1) is 0 Å². The molecule has 7 heteroatoms. The third-order valence-corrected chi connectivity index (χ3v) is 2.84. The van der Waals surface area contributed by atoms with Crippen LogP contribution in [0.4, 0.5) is 10.7 Å². The minimum atomic E-state index is -0.474. The molecule has 2 amide bonds. The van der Waals surface area contributed by atoms with E-state index in [1.165, 1.54) is 11.9 Å². The van der Waals surface area contributed by atoms with Gasteiger partial charge in [-0.15, -0.1) is 0 Å². The molecule has 0 aliphatic rings. The molecular formula is C14H19N5O2. The van der Waals surface area contributed by atoms with Gasteiger partial charge in [-0.25, -0.2) is 9.89 Å². The second kappa shape index (κ2) is 6.74. The van der Waals surface area contributed by atoms with Crippen molar-refractivity contribution in [2.75, 3.05) is 5.32 Å². The first kappa shape index (κ1) is 14.8. The van der Waals surface area contributed by atoms with Gasteiger partial charge in [-0.2, -0.15) is 10.1 Å². The molecule has 0 spiro atoms. The fourth-order valence-electron chi connectivity index (χ4n) is 1.76. The lowest BCUT2D eigenvalue weighted by molar-refractivity contribution is 0.183. The van der Waals surface area contributed by atoms with Crippen LogP contribution in [0.5, 0.6) is 5.75 Å². The molecule has 7 nitrogen and oxygen atoms in total. The number of benzene rings is 1. The number of hydrogen-bond acceptors (Lipinski definition) is 4. The minimum absolute atomic E-state index is 0.279. The smallest absolute Gasteiger partial charge is 0.324 e. The number of carbonyl (C=O) groups is 1. The lowest BCUT2D eigenvalue weighted by atomic mass is 10.0. The van der Waals surface area contributed by atoms with E-state index in [1.54, 1.807) is 6.92 Å². The van der Waals surface area contributed by atoms with Crippen LogP contribution in [-0.4, -0.2) is 27.4 Å². The second-order valence-corrected chi connectivity index (χ2v) is 4.92. The molecule has 0 aliphatic carbocycles. The van der Waals surface area contributed by atoms with Gasteiger partial charge in [0.05, 0.1) is 0 Å². The molecule has 0 fully saturated rings. The van der Waals surface area contributed by atoms with Gasteiger partial charge in [-0.05, 0) is 30.5 Å². The number of aromatic amines is 1. The summed E-state index contributed by atoms with van der Waals surface area (Å²) in [6.45, 7) is 6.01. The predicted molar refractivity (Wildman–Crippen MR) is 79.2 cm³/mol. The summed E-state index contributed by atoms with van der Waals surface area (Å²) in [5, 5.41) is 11.3. The molecule has 0 saturated heterocycles. The summed E-state index contributed by atoms with van der Waals surface area (Å²) in [6, 6.07) is 7.39. The van der Waals surface area contributed by atoms with E-state index < -0.39 is 12.3 Å². The van der Waals surface area contributed by atoms with Crippen LogP contribution in [0.25, 0.3) is 0 Å². The monoisotopic (exact) mass is 289 g/mol. The summed E-state index contributed by atoms with van der Waals surface area (Å²) < 4.78 is 5.62. The molecule has 1 unspecified atom stereocenters. The van der Waals surface area contributed by atoms with Crippen LogP contribution in [-0.2, 0) is 0 Å². The van der Waals surface area contributed by atoms with Gasteiger partial charge < -0.3 is 10.1 Å². The quantitative estimate of drug-likeness (QED) is 0.737. The van der Waals surface area contributed by atoms with Gasteiger partial charge in [0.15, 0.2) is 6.23 Å². The van der Waals surface area contributed by atoms with Crippen molar-refractivity contribution in [2.45, 2.75) is 32.9 Å². The fraction of sp³-hybridized carbons (Fsp3) is 0.357. The number of anilines is 1. The Labute approximate surface area is 123 Å². The van der Waals surface area contributed by atoms with Crippen molar-refractivity contribution >= 4 is 12.0 Å². The first-order valence-corrected chi connectivity index (χ1v) is 6.74. The van der Waals surface area contributed by atoms with Gasteiger partial charge in [0.1, 0.15) is 12.1 Å². The van der Waals surface area contributed by atoms with E-state index >= 15 is 0 Å². The summed E-state index contributed by atoms with van der Waals surface area (Å²) in [4.78, 5) is 15.5. The predicted octanol–water partition coefficient (Wildman–Crippen LogP) is 2.47. The highest BCUT2D eigenvalue weighted by molar-refractivity contribution is 5.87. The average molecular weight is 289 g/mol. The Morgan fingerprint density at radius 3 is 2.52 bits per heavy atom. The molecule has 0 bridgehead atoms. The van der Waals surface area contributed by atoms with E-state index in [-0.39, 0.29) is 5.95 Å². The first-order chi connectivity index (χ1) is 10.0. The molecule has 21 heavy (non-hydrogen) atoms. The van der Waals surface area contributed by atoms with Gasteiger partial charge in [0, 0.05) is 0 Å². The number of nitrogens with zero attached hydrogens (tertiary/aromatic N) is 2. The fourth-order valence-corrected chi connectivity index (χ4v) is 1.76. The number of nitrogens with one attached hydrogen (secondary N) is 3. The van der Waals surface area contributed by atoms with Crippen molar-refractivity contribution in [3.63, 3.8) is 0 Å². The van der Waals surface area contributed by atoms with Crippen molar-refractivity contribution in [1.29, 1.82) is 0 Å². The van der Waals surface area contributed by atoms with Crippen LogP contribution in [0.2, 0.25) is 0 Å². The summed E-state index contributed by atoms with van der Waals surface area (Å²) in [7, 11) is 0. The highest BCUT2D eigenvalue weighted by Gasteiger charge is 2.10. The van der Waals surface area contributed by atoms with Crippen LogP contribution in [0.3, 0.4) is 0 Å². The molecule has 0 radical (unpaired) electrons. The standard InChI is InChI=1S/C14H19N5O2/c1-9(2)11-4-6-12(7-5-11)21-10(3)17-14(20)18-13-15-8-16-19-13/h4-10H,1-3H3,(H3,15,16,17,18,19,20). The van der Waals surface area contributed by atoms with Crippen LogP contribution in [0.15, 0.2) is 30.6 Å². The Kier molecular flexibility index (Phi) is 4.76.